The minimum Gasteiger partial charge on any atom is -0.521 e. The van der Waals surface area contributed by atoms with Gasteiger partial charge < -0.3 is 21.9 Å². The van der Waals surface area contributed by atoms with Crippen LogP contribution < -0.4 is 0 Å². The van der Waals surface area contributed by atoms with Crippen LogP contribution in [-0.4, -0.2) is 35.1 Å². The standard InChI is InChI=1S/3C2H6O.C2H3.Zr/c3*1-2-3;1-2;/h3*3H,2H2,1H3;1H,2H2;/q;;;-1;. The van der Waals surface area contributed by atoms with Gasteiger partial charge in [0.25, 0.3) is 0 Å². The summed E-state index contributed by atoms with van der Waals surface area (Å²) in [6, 6.07) is 0. The predicted octanol–water partition coefficient (Wildman–Crippen LogP) is 0.599. The Kier molecular flexibility index (Phi) is 253. The Bertz CT molecular complexity index is 25.5. The Morgan fingerprint density at radius 3 is 0.833 bits per heavy atom. The molecule has 0 saturated carbocycles. The van der Waals surface area contributed by atoms with E-state index >= 15 is 0 Å². The molecule has 0 fully saturated rings. The van der Waals surface area contributed by atoms with Crippen LogP contribution in [0.1, 0.15) is 20.8 Å². The van der Waals surface area contributed by atoms with Crippen molar-refractivity contribution in [3.63, 3.8) is 0 Å². The second kappa shape index (κ2) is 103. The molecule has 0 unspecified atom stereocenters. The molecule has 0 atom stereocenters. The molecule has 0 aromatic rings. The summed E-state index contributed by atoms with van der Waals surface area (Å²) in [5.41, 5.74) is 0. The molecule has 0 aliphatic rings. The smallest absolute Gasteiger partial charge is 0.0402 e. The molecule has 3 nitrogen and oxygen atoms in total. The Hall–Kier alpha value is 0.503. The second-order valence-corrected chi connectivity index (χ2v) is 0.949. The molecule has 0 bridgehead atoms. The molecule has 0 amide bonds. The molecule has 0 radical (unpaired) electrons. The van der Waals surface area contributed by atoms with Crippen LogP contribution in [0.15, 0.2) is 6.58 Å². The average Bonchev–Trinajstić information content (AvgIpc) is 1.96. The molecule has 0 saturated heterocycles. The Morgan fingerprint density at radius 2 is 0.833 bits per heavy atom. The minimum atomic E-state index is 0. The van der Waals surface area contributed by atoms with Crippen LogP contribution in [0.2, 0.25) is 0 Å². The normalized spacial score (nSPS) is 4.83. The number of hydrogen-bond acceptors (Lipinski definition) is 3. The van der Waals surface area contributed by atoms with Crippen LogP contribution >= 0.6 is 0 Å². The van der Waals surface area contributed by atoms with Crippen molar-refractivity contribution in [1.29, 1.82) is 0 Å². The molecule has 0 aromatic heterocycles. The summed E-state index contributed by atoms with van der Waals surface area (Å²) in [7, 11) is 0. The summed E-state index contributed by atoms with van der Waals surface area (Å²) in [6.45, 7) is 12.8. The zero-order valence-electron chi connectivity index (χ0n) is 8.25. The molecule has 4 heteroatoms. The van der Waals surface area contributed by atoms with Crippen molar-refractivity contribution in [3.05, 3.63) is 13.2 Å². The molecule has 0 heterocycles. The summed E-state index contributed by atoms with van der Waals surface area (Å²) in [5.74, 6) is 0. The Labute approximate surface area is 95.3 Å². The first-order valence-corrected chi connectivity index (χ1v) is 3.48. The topological polar surface area (TPSA) is 60.7 Å². The van der Waals surface area contributed by atoms with Gasteiger partial charge in [0.05, 0.1) is 0 Å². The van der Waals surface area contributed by atoms with Crippen molar-refractivity contribution in [2.75, 3.05) is 19.8 Å². The maximum Gasteiger partial charge on any atom is 0.0402 e. The maximum atomic E-state index is 7.57. The SMILES string of the molecule is CCO.CCO.CCO.[CH-]=C.[Zr]. The van der Waals surface area contributed by atoms with Gasteiger partial charge in [-0.3, -0.25) is 6.58 Å². The van der Waals surface area contributed by atoms with Gasteiger partial charge in [0, 0.05) is 46.0 Å². The number of aliphatic hydroxyl groups excluding tert-OH is 3. The van der Waals surface area contributed by atoms with Crippen molar-refractivity contribution in [3.8, 4) is 0 Å². The Morgan fingerprint density at radius 1 is 0.833 bits per heavy atom. The van der Waals surface area contributed by atoms with Crippen LogP contribution in [0.5, 0.6) is 0 Å². The third kappa shape index (κ3) is 3750. The zero-order valence-corrected chi connectivity index (χ0v) is 10.7. The molecule has 0 aliphatic heterocycles. The largest absolute Gasteiger partial charge is 0.521 e. The maximum absolute atomic E-state index is 7.57. The molecule has 76 valence electrons. The summed E-state index contributed by atoms with van der Waals surface area (Å²) >= 11 is 0. The summed E-state index contributed by atoms with van der Waals surface area (Å²) in [4.78, 5) is 0. The fourth-order valence-electron chi connectivity index (χ4n) is 0. The summed E-state index contributed by atoms with van der Waals surface area (Å²) < 4.78 is 0. The quantitative estimate of drug-likeness (QED) is 0.556. The van der Waals surface area contributed by atoms with Crippen LogP contribution in [0.3, 0.4) is 0 Å². The molecule has 0 aromatic carbocycles. The second-order valence-electron chi connectivity index (χ2n) is 0.949. The first kappa shape index (κ1) is 29.4. The third-order valence-electron chi connectivity index (χ3n) is 0. The van der Waals surface area contributed by atoms with E-state index in [1.54, 1.807) is 20.8 Å². The van der Waals surface area contributed by atoms with Crippen molar-refractivity contribution in [2.24, 2.45) is 0 Å². The monoisotopic (exact) mass is 255 g/mol. The van der Waals surface area contributed by atoms with Crippen molar-refractivity contribution >= 4 is 0 Å². The van der Waals surface area contributed by atoms with E-state index < -0.39 is 0 Å². The van der Waals surface area contributed by atoms with Gasteiger partial charge in [-0.1, -0.05) is 0 Å². The molecular formula is C8H21O3Zr-. The van der Waals surface area contributed by atoms with Crippen LogP contribution in [0.4, 0.5) is 0 Å². The van der Waals surface area contributed by atoms with E-state index in [4.69, 9.17) is 15.3 Å². The first-order chi connectivity index (χ1) is 5.24. The first-order valence-electron chi connectivity index (χ1n) is 3.48. The fraction of sp³-hybridized carbons (Fsp3) is 0.750. The third-order valence-corrected chi connectivity index (χ3v) is 0. The molecular weight excluding hydrogens is 235 g/mol. The van der Waals surface area contributed by atoms with Gasteiger partial charge in [0.15, 0.2) is 0 Å². The zero-order chi connectivity index (χ0) is 10.1. The van der Waals surface area contributed by atoms with Gasteiger partial charge >= 0.3 is 0 Å². The van der Waals surface area contributed by atoms with Crippen molar-refractivity contribution in [2.45, 2.75) is 20.8 Å². The van der Waals surface area contributed by atoms with Gasteiger partial charge in [-0.25, -0.2) is 0 Å². The predicted molar refractivity (Wildman–Crippen MR) is 48.2 cm³/mol. The number of hydrogen-bond donors (Lipinski definition) is 3. The van der Waals surface area contributed by atoms with Crippen molar-refractivity contribution in [1.82, 2.24) is 0 Å². The minimum absolute atomic E-state index is 0. The van der Waals surface area contributed by atoms with E-state index in [0.717, 1.165) is 0 Å². The van der Waals surface area contributed by atoms with Gasteiger partial charge in [-0.05, 0) is 20.8 Å². The molecule has 0 rings (SSSR count). The van der Waals surface area contributed by atoms with Gasteiger partial charge in [-0.15, -0.1) is 0 Å². The van der Waals surface area contributed by atoms with Gasteiger partial charge in [0.2, 0.25) is 0 Å². The van der Waals surface area contributed by atoms with Crippen LogP contribution in [0, 0.1) is 6.58 Å². The van der Waals surface area contributed by atoms with E-state index in [1.165, 1.54) is 0 Å². The van der Waals surface area contributed by atoms with Crippen molar-refractivity contribution < 1.29 is 41.5 Å². The Balaban J connectivity index is -0.0000000179. The van der Waals surface area contributed by atoms with Crippen LogP contribution in [0.25, 0.3) is 0 Å². The molecule has 12 heavy (non-hydrogen) atoms. The van der Waals surface area contributed by atoms with Gasteiger partial charge in [0.1, 0.15) is 0 Å². The summed E-state index contributed by atoms with van der Waals surface area (Å²) in [5, 5.41) is 22.7. The molecule has 0 aliphatic carbocycles. The van der Waals surface area contributed by atoms with Gasteiger partial charge in [-0.2, -0.15) is 0 Å². The summed E-state index contributed by atoms with van der Waals surface area (Å²) in [6.07, 6.45) is 0. The van der Waals surface area contributed by atoms with E-state index in [-0.39, 0.29) is 46.0 Å². The van der Waals surface area contributed by atoms with E-state index in [0.29, 0.717) is 0 Å². The van der Waals surface area contributed by atoms with E-state index in [1.807, 2.05) is 0 Å². The molecule has 0 spiro atoms. The van der Waals surface area contributed by atoms with E-state index in [2.05, 4.69) is 13.2 Å². The fourth-order valence-corrected chi connectivity index (χ4v) is 0. The van der Waals surface area contributed by atoms with E-state index in [9.17, 15) is 0 Å². The number of rotatable bonds is 0. The number of aliphatic hydroxyl groups is 3. The average molecular weight is 256 g/mol. The molecule has 3 N–H and O–H groups in total. The van der Waals surface area contributed by atoms with Crippen LogP contribution in [-0.2, 0) is 26.2 Å².